The molecule has 5 nitrogen and oxygen atoms in total. The number of carbonyl (C=O) groups is 1. The topological polar surface area (TPSA) is 83.5 Å². The van der Waals surface area contributed by atoms with Gasteiger partial charge >= 0.3 is 61.7 Å². The Bertz CT molecular complexity index is 185. The predicted octanol–water partition coefficient (Wildman–Crippen LogP) is -1.72. The third-order valence-electron chi connectivity index (χ3n) is 0.273. The van der Waals surface area contributed by atoms with Crippen molar-refractivity contribution in [3.63, 3.8) is 0 Å². The van der Waals surface area contributed by atoms with Crippen LogP contribution in [0.1, 0.15) is 6.92 Å². The number of carbonyl (C=O) groups excluding carboxylic acids is 1. The zero-order valence-electron chi connectivity index (χ0n) is 4.08. The molecule has 0 saturated carbocycles. The van der Waals surface area contributed by atoms with Gasteiger partial charge in [-0.3, -0.25) is 9.35 Å². The molecule has 0 spiro atoms. The molecule has 50 valence electrons. The Hall–Kier alpha value is 1.02. The zero-order valence-corrected chi connectivity index (χ0v) is 4.90. The molecule has 0 atom stereocenters. The summed E-state index contributed by atoms with van der Waals surface area (Å²) in [6, 6.07) is 0. The molecule has 0 saturated heterocycles. The first-order valence-electron chi connectivity index (χ1n) is 1.67. The van der Waals surface area contributed by atoms with Gasteiger partial charge in [0.15, 0.2) is 0 Å². The normalized spacial score (nSPS) is 9.56. The van der Waals surface area contributed by atoms with Crippen molar-refractivity contribution in [2.45, 2.75) is 6.92 Å². The van der Waals surface area contributed by atoms with E-state index in [0.717, 1.165) is 6.92 Å². The number of hydrogen-bond acceptors (Lipinski definition) is 3. The fourth-order valence-corrected chi connectivity index (χ4v) is 0.545. The van der Waals surface area contributed by atoms with E-state index in [2.05, 4.69) is 0 Å². The van der Waals surface area contributed by atoms with Crippen molar-refractivity contribution >= 4 is 67.6 Å². The van der Waals surface area contributed by atoms with Gasteiger partial charge in [0.25, 0.3) is 0 Å². The van der Waals surface area contributed by atoms with Crippen molar-refractivity contribution < 1.29 is 17.8 Å². The maximum atomic E-state index is 9.81. The number of amides is 1. The predicted molar refractivity (Wildman–Crippen MR) is 32.5 cm³/mol. The standard InChI is InChI=1S/C2H5NO4S.K.H/c1-2(4)3-8(5,6)7;;/h1H3,(H,3,4)(H,5,6,7);;. The van der Waals surface area contributed by atoms with E-state index < -0.39 is 16.2 Å². The number of rotatable bonds is 1. The molecule has 0 unspecified atom stereocenters. The van der Waals surface area contributed by atoms with Crippen LogP contribution in [0.15, 0.2) is 0 Å². The van der Waals surface area contributed by atoms with Crippen molar-refractivity contribution in [1.29, 1.82) is 0 Å². The van der Waals surface area contributed by atoms with Crippen LogP contribution in [0.3, 0.4) is 0 Å². The van der Waals surface area contributed by atoms with Crippen molar-refractivity contribution in [2.24, 2.45) is 0 Å². The van der Waals surface area contributed by atoms with E-state index in [4.69, 9.17) is 4.55 Å². The van der Waals surface area contributed by atoms with Gasteiger partial charge in [0, 0.05) is 6.92 Å². The second-order valence-corrected chi connectivity index (χ2v) is 2.29. The Balaban J connectivity index is 0. The van der Waals surface area contributed by atoms with Gasteiger partial charge < -0.3 is 0 Å². The van der Waals surface area contributed by atoms with E-state index in [9.17, 15) is 13.2 Å². The van der Waals surface area contributed by atoms with Crippen LogP contribution in [0.25, 0.3) is 0 Å². The second kappa shape index (κ2) is 4.77. The quantitative estimate of drug-likeness (QED) is 0.370. The van der Waals surface area contributed by atoms with Gasteiger partial charge in [-0.1, -0.05) is 0 Å². The third-order valence-corrected chi connectivity index (χ3v) is 0.818. The van der Waals surface area contributed by atoms with Crippen LogP contribution in [0.2, 0.25) is 0 Å². The van der Waals surface area contributed by atoms with Crippen LogP contribution in [-0.4, -0.2) is 70.3 Å². The minimum atomic E-state index is -4.32. The van der Waals surface area contributed by atoms with Crippen LogP contribution in [-0.2, 0) is 15.1 Å². The molecule has 0 rings (SSSR count). The van der Waals surface area contributed by atoms with Gasteiger partial charge in [-0.25, -0.2) is 4.72 Å². The summed E-state index contributed by atoms with van der Waals surface area (Å²) in [4.78, 5) is 9.81. The summed E-state index contributed by atoms with van der Waals surface area (Å²) >= 11 is 0. The molecule has 0 aliphatic heterocycles. The summed E-state index contributed by atoms with van der Waals surface area (Å²) in [5, 5.41) is 0. The molecule has 0 aliphatic rings. The van der Waals surface area contributed by atoms with Gasteiger partial charge in [-0.15, -0.1) is 0 Å². The van der Waals surface area contributed by atoms with Gasteiger partial charge in [-0.05, 0) is 0 Å². The Morgan fingerprint density at radius 1 is 1.56 bits per heavy atom. The average molecular weight is 179 g/mol. The van der Waals surface area contributed by atoms with Crippen molar-refractivity contribution in [2.75, 3.05) is 0 Å². The molecule has 0 fully saturated rings. The van der Waals surface area contributed by atoms with Crippen molar-refractivity contribution in [1.82, 2.24) is 4.72 Å². The van der Waals surface area contributed by atoms with Gasteiger partial charge in [-0.2, -0.15) is 8.42 Å². The fraction of sp³-hybridized carbons (Fsp3) is 0.500. The van der Waals surface area contributed by atoms with E-state index in [0.29, 0.717) is 0 Å². The van der Waals surface area contributed by atoms with E-state index in [1.54, 1.807) is 0 Å². The summed E-state index contributed by atoms with van der Waals surface area (Å²) in [5.41, 5.74) is 0. The first-order valence-corrected chi connectivity index (χ1v) is 3.11. The Kier molecular flexibility index (Phi) is 6.72. The Morgan fingerprint density at radius 3 is 1.89 bits per heavy atom. The van der Waals surface area contributed by atoms with Crippen LogP contribution < -0.4 is 4.72 Å². The van der Waals surface area contributed by atoms with Crippen LogP contribution in [0, 0.1) is 0 Å². The average Bonchev–Trinajstić information content (AvgIpc) is 1.21. The van der Waals surface area contributed by atoms with E-state index in [1.807, 2.05) is 0 Å². The molecule has 9 heavy (non-hydrogen) atoms. The molecule has 0 bridgehead atoms. The zero-order chi connectivity index (χ0) is 6.78. The first-order chi connectivity index (χ1) is 3.42. The summed E-state index contributed by atoms with van der Waals surface area (Å²) in [6.45, 7) is 0.980. The summed E-state index contributed by atoms with van der Waals surface area (Å²) in [5.74, 6) is -0.812. The van der Waals surface area contributed by atoms with Gasteiger partial charge in [0.05, 0.1) is 0 Å². The molecule has 1 amide bonds. The van der Waals surface area contributed by atoms with Crippen molar-refractivity contribution in [3.8, 4) is 0 Å². The molecule has 2 N–H and O–H groups in total. The fourth-order valence-electron chi connectivity index (χ4n) is 0.182. The van der Waals surface area contributed by atoms with E-state index in [1.165, 1.54) is 4.72 Å². The molecule has 0 aliphatic carbocycles. The van der Waals surface area contributed by atoms with Crippen LogP contribution in [0.5, 0.6) is 0 Å². The molecular formula is C2H6KNO4S. The van der Waals surface area contributed by atoms with Gasteiger partial charge in [0.1, 0.15) is 0 Å². The molecular weight excluding hydrogens is 173 g/mol. The molecule has 0 heterocycles. The minimum absolute atomic E-state index is 0. The SMILES string of the molecule is CC(=O)NS(=O)(=O)O.[KH]. The molecule has 0 radical (unpaired) electrons. The van der Waals surface area contributed by atoms with Gasteiger partial charge in [0.2, 0.25) is 5.91 Å². The molecule has 0 aromatic rings. The van der Waals surface area contributed by atoms with Crippen LogP contribution in [0.4, 0.5) is 0 Å². The van der Waals surface area contributed by atoms with Crippen molar-refractivity contribution in [3.05, 3.63) is 0 Å². The maximum absolute atomic E-state index is 9.81. The molecule has 0 aromatic carbocycles. The van der Waals surface area contributed by atoms with Crippen LogP contribution >= 0.6 is 0 Å². The third kappa shape index (κ3) is 12.3. The summed E-state index contributed by atoms with van der Waals surface area (Å²) in [7, 11) is -4.32. The molecule has 0 aromatic heterocycles. The first kappa shape index (κ1) is 12.7. The number of hydrogen-bond donors (Lipinski definition) is 2. The summed E-state index contributed by atoms with van der Waals surface area (Å²) in [6.07, 6.45) is 0. The monoisotopic (exact) mass is 179 g/mol. The van der Waals surface area contributed by atoms with E-state index in [-0.39, 0.29) is 51.4 Å². The molecule has 7 heteroatoms. The Labute approximate surface area is 95.5 Å². The summed E-state index contributed by atoms with van der Waals surface area (Å²) < 4.78 is 28.4. The number of nitrogens with one attached hydrogen (secondary N) is 1. The second-order valence-electron chi connectivity index (χ2n) is 1.13. The van der Waals surface area contributed by atoms with E-state index >= 15 is 0 Å². The Morgan fingerprint density at radius 2 is 1.89 bits per heavy atom.